The van der Waals surface area contributed by atoms with Crippen LogP contribution in [0.2, 0.25) is 0 Å². The Labute approximate surface area is 146 Å². The van der Waals surface area contributed by atoms with Gasteiger partial charge in [-0.05, 0) is 43.7 Å². The van der Waals surface area contributed by atoms with Crippen molar-refractivity contribution in [2.24, 2.45) is 0 Å². The Bertz CT molecular complexity index is 719. The predicted octanol–water partition coefficient (Wildman–Crippen LogP) is 4.04. The molecule has 4 rings (SSSR count). The number of thiophene rings is 1. The van der Waals surface area contributed by atoms with Crippen LogP contribution < -0.4 is 5.32 Å². The molecule has 0 aliphatic carbocycles. The molecule has 0 amide bonds. The topological polar surface area (TPSA) is 24.5 Å². The first kappa shape index (κ1) is 16.1. The van der Waals surface area contributed by atoms with Crippen LogP contribution >= 0.6 is 11.3 Å². The zero-order valence-corrected chi connectivity index (χ0v) is 14.7. The van der Waals surface area contributed by atoms with Gasteiger partial charge in [0.1, 0.15) is 5.82 Å². The summed E-state index contributed by atoms with van der Waals surface area (Å²) < 4.78 is 19.5. The number of nitrogens with zero attached hydrogens (tertiary/aromatic N) is 1. The molecule has 2 aliphatic rings. The van der Waals surface area contributed by atoms with Crippen LogP contribution in [0.25, 0.3) is 0 Å². The first-order valence-electron chi connectivity index (χ1n) is 8.54. The maximum atomic E-state index is 13.3. The van der Waals surface area contributed by atoms with Crippen molar-refractivity contribution in [3.63, 3.8) is 0 Å². The van der Waals surface area contributed by atoms with E-state index in [9.17, 15) is 4.39 Å². The molecule has 0 bridgehead atoms. The molecule has 2 fully saturated rings. The number of rotatable bonds is 4. The van der Waals surface area contributed by atoms with Crippen molar-refractivity contribution in [2.75, 3.05) is 25.0 Å². The molecule has 1 aromatic carbocycles. The van der Waals surface area contributed by atoms with Crippen LogP contribution in [0.5, 0.6) is 0 Å². The average molecular weight is 346 g/mol. The summed E-state index contributed by atoms with van der Waals surface area (Å²) in [6.07, 6.45) is 2.07. The van der Waals surface area contributed by atoms with Crippen LogP contribution in [-0.2, 0) is 11.3 Å². The molecule has 5 heteroatoms. The zero-order valence-electron chi connectivity index (χ0n) is 13.9. The van der Waals surface area contributed by atoms with Crippen LogP contribution in [-0.4, -0.2) is 36.2 Å². The smallest absolute Gasteiger partial charge is 0.125 e. The van der Waals surface area contributed by atoms with Crippen molar-refractivity contribution < 1.29 is 9.13 Å². The van der Waals surface area contributed by atoms with E-state index in [0.717, 1.165) is 38.2 Å². The Hall–Kier alpha value is -1.43. The molecule has 3 heterocycles. The van der Waals surface area contributed by atoms with Crippen molar-refractivity contribution in [3.8, 4) is 0 Å². The third kappa shape index (κ3) is 3.48. The molecule has 1 spiro atoms. The van der Waals surface area contributed by atoms with E-state index in [2.05, 4.69) is 29.3 Å². The van der Waals surface area contributed by atoms with Gasteiger partial charge in [-0.1, -0.05) is 6.07 Å². The molecule has 24 heavy (non-hydrogen) atoms. The number of aryl methyl sites for hydroxylation is 1. The summed E-state index contributed by atoms with van der Waals surface area (Å²) in [6.45, 7) is 5.95. The number of hydrogen-bond acceptors (Lipinski definition) is 4. The van der Waals surface area contributed by atoms with Crippen LogP contribution in [0.4, 0.5) is 10.1 Å². The molecule has 1 aromatic heterocycles. The molecule has 1 N–H and O–H groups in total. The van der Waals surface area contributed by atoms with E-state index in [0.29, 0.717) is 6.61 Å². The van der Waals surface area contributed by atoms with Crippen molar-refractivity contribution in [2.45, 2.75) is 38.0 Å². The van der Waals surface area contributed by atoms with Gasteiger partial charge in [0.05, 0.1) is 18.2 Å². The lowest BCUT2D eigenvalue weighted by molar-refractivity contribution is 0.0120. The van der Waals surface area contributed by atoms with E-state index in [4.69, 9.17) is 4.74 Å². The molecule has 0 saturated carbocycles. The molecule has 2 aliphatic heterocycles. The number of halogens is 1. The first-order valence-corrected chi connectivity index (χ1v) is 9.36. The molecule has 2 saturated heterocycles. The number of nitrogens with one attached hydrogen (secondary N) is 1. The second kappa shape index (κ2) is 6.47. The Morgan fingerprint density at radius 3 is 3.08 bits per heavy atom. The summed E-state index contributed by atoms with van der Waals surface area (Å²) in [5.74, 6) is -0.202. The quantitative estimate of drug-likeness (QED) is 0.904. The second-order valence-corrected chi connectivity index (χ2v) is 8.40. The third-order valence-electron chi connectivity index (χ3n) is 4.98. The normalized spacial score (nSPS) is 27.2. The lowest BCUT2D eigenvalue weighted by Crippen LogP contribution is -2.33. The molecular formula is C19H23FN2OS. The van der Waals surface area contributed by atoms with Crippen molar-refractivity contribution in [3.05, 3.63) is 52.0 Å². The lowest BCUT2D eigenvalue weighted by Gasteiger charge is -2.23. The van der Waals surface area contributed by atoms with Gasteiger partial charge in [0.2, 0.25) is 0 Å². The van der Waals surface area contributed by atoms with E-state index < -0.39 is 0 Å². The Balaban J connectivity index is 1.34. The minimum atomic E-state index is -0.202. The molecule has 0 radical (unpaired) electrons. The van der Waals surface area contributed by atoms with Crippen LogP contribution in [0, 0.1) is 12.7 Å². The summed E-state index contributed by atoms with van der Waals surface area (Å²) in [5, 5.41) is 3.42. The van der Waals surface area contributed by atoms with Gasteiger partial charge in [0.25, 0.3) is 0 Å². The van der Waals surface area contributed by atoms with E-state index in [1.165, 1.54) is 15.8 Å². The predicted molar refractivity (Wildman–Crippen MR) is 96.1 cm³/mol. The van der Waals surface area contributed by atoms with Gasteiger partial charge < -0.3 is 10.1 Å². The van der Waals surface area contributed by atoms with Gasteiger partial charge >= 0.3 is 0 Å². The molecular weight excluding hydrogens is 323 g/mol. The number of likely N-dealkylation sites (tertiary alicyclic amines) is 1. The zero-order chi connectivity index (χ0) is 16.6. The largest absolute Gasteiger partial charge is 0.380 e. The Morgan fingerprint density at radius 2 is 2.29 bits per heavy atom. The van der Waals surface area contributed by atoms with Crippen LogP contribution in [0.15, 0.2) is 36.4 Å². The van der Waals surface area contributed by atoms with E-state index in [1.807, 2.05) is 17.4 Å². The van der Waals surface area contributed by atoms with Gasteiger partial charge in [-0.2, -0.15) is 0 Å². The molecule has 128 valence electrons. The third-order valence-corrected chi connectivity index (χ3v) is 5.96. The van der Waals surface area contributed by atoms with Gasteiger partial charge in [-0.25, -0.2) is 4.39 Å². The highest BCUT2D eigenvalue weighted by molar-refractivity contribution is 7.11. The Morgan fingerprint density at radius 1 is 1.38 bits per heavy atom. The lowest BCUT2D eigenvalue weighted by atomic mass is 9.97. The monoisotopic (exact) mass is 346 g/mol. The van der Waals surface area contributed by atoms with Crippen molar-refractivity contribution in [1.82, 2.24) is 4.90 Å². The minimum absolute atomic E-state index is 0.0305. The van der Waals surface area contributed by atoms with Gasteiger partial charge in [-0.15, -0.1) is 11.3 Å². The van der Waals surface area contributed by atoms with Gasteiger partial charge in [0.15, 0.2) is 0 Å². The SMILES string of the molecule is Cc1ccc(CN2CC[C@@]3(C[C@@H](Nc4cccc(F)c4)CO3)C2)s1. The highest BCUT2D eigenvalue weighted by Crippen LogP contribution is 2.37. The fourth-order valence-electron chi connectivity index (χ4n) is 3.89. The summed E-state index contributed by atoms with van der Waals surface area (Å²) in [4.78, 5) is 5.29. The second-order valence-electron chi connectivity index (χ2n) is 7.02. The summed E-state index contributed by atoms with van der Waals surface area (Å²) in [5.41, 5.74) is 0.807. The summed E-state index contributed by atoms with van der Waals surface area (Å²) in [6, 6.07) is 11.4. The average Bonchev–Trinajstić information content (AvgIpc) is 3.23. The maximum absolute atomic E-state index is 13.3. The molecule has 2 aromatic rings. The summed E-state index contributed by atoms with van der Waals surface area (Å²) in [7, 11) is 0. The standard InChI is InChI=1S/C19H23FN2OS/c1-14-5-6-18(24-14)11-22-8-7-19(13-22)10-17(12-23-19)21-16-4-2-3-15(20)9-16/h2-6,9,17,21H,7-8,10-13H2,1H3/t17-,19-/m1/s1. The van der Waals surface area contributed by atoms with Gasteiger partial charge in [-0.3, -0.25) is 4.90 Å². The van der Waals surface area contributed by atoms with Crippen LogP contribution in [0.3, 0.4) is 0 Å². The van der Waals surface area contributed by atoms with Crippen molar-refractivity contribution >= 4 is 17.0 Å². The number of hydrogen-bond donors (Lipinski definition) is 1. The van der Waals surface area contributed by atoms with E-state index in [1.54, 1.807) is 12.1 Å². The molecule has 2 atom stereocenters. The summed E-state index contributed by atoms with van der Waals surface area (Å²) >= 11 is 1.88. The maximum Gasteiger partial charge on any atom is 0.125 e. The Kier molecular flexibility index (Phi) is 4.33. The molecule has 3 nitrogen and oxygen atoms in total. The molecule has 0 unspecified atom stereocenters. The highest BCUT2D eigenvalue weighted by atomic mass is 32.1. The minimum Gasteiger partial charge on any atom is -0.380 e. The van der Waals surface area contributed by atoms with E-state index >= 15 is 0 Å². The number of ether oxygens (including phenoxy) is 1. The number of anilines is 1. The van der Waals surface area contributed by atoms with Gasteiger partial charge in [0, 0.05) is 41.5 Å². The first-order chi connectivity index (χ1) is 11.6. The fourth-order valence-corrected chi connectivity index (χ4v) is 4.82. The van der Waals surface area contributed by atoms with Crippen molar-refractivity contribution in [1.29, 1.82) is 0 Å². The van der Waals surface area contributed by atoms with Crippen LogP contribution in [0.1, 0.15) is 22.6 Å². The highest BCUT2D eigenvalue weighted by Gasteiger charge is 2.45. The number of benzene rings is 1. The van der Waals surface area contributed by atoms with E-state index in [-0.39, 0.29) is 17.5 Å². The fraction of sp³-hybridized carbons (Fsp3) is 0.474.